The minimum Gasteiger partial charge on any atom is -0.494 e. The number of amides is 1. The van der Waals surface area contributed by atoms with Crippen LogP contribution < -0.4 is 20.3 Å². The van der Waals surface area contributed by atoms with Crippen LogP contribution in [0.5, 0.6) is 5.75 Å². The van der Waals surface area contributed by atoms with Gasteiger partial charge in [-0.2, -0.15) is 0 Å². The van der Waals surface area contributed by atoms with Crippen molar-refractivity contribution in [1.29, 1.82) is 0 Å². The van der Waals surface area contributed by atoms with Gasteiger partial charge in [0.15, 0.2) is 11.6 Å². The largest absolute Gasteiger partial charge is 0.494 e. The average molecular weight is 637 g/mol. The van der Waals surface area contributed by atoms with E-state index in [2.05, 4.69) is 41.4 Å². The molecule has 1 fully saturated rings. The van der Waals surface area contributed by atoms with Crippen molar-refractivity contribution in [3.05, 3.63) is 61.6 Å². The van der Waals surface area contributed by atoms with Crippen LogP contribution in [0, 0.1) is 6.92 Å². The number of thiophene rings is 1. The molecule has 4 aromatic rings. The summed E-state index contributed by atoms with van der Waals surface area (Å²) in [6, 6.07) is 8.08. The summed E-state index contributed by atoms with van der Waals surface area (Å²) in [6.45, 7) is 3.47. The zero-order valence-electron chi connectivity index (χ0n) is 20.5. The molecular weight excluding hydrogens is 613 g/mol. The summed E-state index contributed by atoms with van der Waals surface area (Å²) in [7, 11) is 1.50. The van der Waals surface area contributed by atoms with Crippen molar-refractivity contribution < 1.29 is 14.6 Å². The highest BCUT2D eigenvalue weighted by atomic mass is 79.9. The van der Waals surface area contributed by atoms with Crippen molar-refractivity contribution in [2.24, 2.45) is 0 Å². The maximum atomic E-state index is 13.3. The van der Waals surface area contributed by atoms with Gasteiger partial charge in [0.05, 0.1) is 44.2 Å². The first-order valence-corrected chi connectivity index (χ1v) is 14.3. The second-order valence-electron chi connectivity index (χ2n) is 8.87. The Hall–Kier alpha value is -2.63. The Bertz CT molecular complexity index is 1510. The smallest absolute Gasteiger partial charge is 0.258 e. The molecule has 0 bridgehead atoms. The van der Waals surface area contributed by atoms with Crippen molar-refractivity contribution in [3.8, 4) is 5.75 Å². The molecule has 3 heterocycles. The van der Waals surface area contributed by atoms with E-state index in [1.807, 2.05) is 24.3 Å². The SMILES string of the molecule is COc1c(Cl)c(NC(=O)c2csc3c(Nc4ccc(N5CCC(O)CC5)cc4)ncnc23)c(Cl)c(C)c1Br. The van der Waals surface area contributed by atoms with Crippen LogP contribution in [0.1, 0.15) is 28.8 Å². The summed E-state index contributed by atoms with van der Waals surface area (Å²) in [6.07, 6.45) is 2.77. The number of methoxy groups -OCH3 is 1. The number of nitrogens with zero attached hydrogens (tertiary/aromatic N) is 3. The van der Waals surface area contributed by atoms with Crippen LogP contribution in [0.4, 0.5) is 22.9 Å². The van der Waals surface area contributed by atoms with E-state index < -0.39 is 5.91 Å². The zero-order valence-corrected chi connectivity index (χ0v) is 24.4. The molecule has 1 aliphatic rings. The first-order chi connectivity index (χ1) is 18.3. The van der Waals surface area contributed by atoms with Crippen molar-refractivity contribution >= 4 is 89.5 Å². The molecule has 0 radical (unpaired) electrons. The third-order valence-corrected chi connectivity index (χ3v) is 9.26. The minimum absolute atomic E-state index is 0.198. The molecule has 2 aromatic heterocycles. The number of carbonyl (C=O) groups is 1. The number of aromatic nitrogens is 2. The van der Waals surface area contributed by atoms with Crippen LogP contribution in [0.3, 0.4) is 0 Å². The number of hydrogen-bond acceptors (Lipinski definition) is 8. The summed E-state index contributed by atoms with van der Waals surface area (Å²) in [4.78, 5) is 24.3. The number of halogens is 3. The van der Waals surface area contributed by atoms with Gasteiger partial charge in [-0.1, -0.05) is 23.2 Å². The van der Waals surface area contributed by atoms with E-state index in [9.17, 15) is 9.90 Å². The van der Waals surface area contributed by atoms with E-state index >= 15 is 0 Å². The number of benzene rings is 2. The molecular formula is C26H24BrCl2N5O3S. The third kappa shape index (κ3) is 5.15. The topological polar surface area (TPSA) is 99.6 Å². The van der Waals surface area contributed by atoms with Crippen LogP contribution in [0.2, 0.25) is 10.0 Å². The molecule has 12 heteroatoms. The Morgan fingerprint density at radius 3 is 2.58 bits per heavy atom. The number of fused-ring (bicyclic) bond motifs is 1. The van der Waals surface area contributed by atoms with Crippen LogP contribution in [-0.4, -0.2) is 47.3 Å². The molecule has 1 amide bonds. The first-order valence-electron chi connectivity index (χ1n) is 11.8. The molecule has 0 atom stereocenters. The maximum absolute atomic E-state index is 13.3. The van der Waals surface area contributed by atoms with Gasteiger partial charge in [0.1, 0.15) is 11.3 Å². The Kier molecular flexibility index (Phi) is 7.97. The molecule has 2 aromatic carbocycles. The van der Waals surface area contributed by atoms with Gasteiger partial charge in [-0.15, -0.1) is 11.3 Å². The monoisotopic (exact) mass is 635 g/mol. The fraction of sp³-hybridized carbons (Fsp3) is 0.269. The van der Waals surface area contributed by atoms with Crippen molar-refractivity contribution in [1.82, 2.24) is 9.97 Å². The van der Waals surface area contributed by atoms with Crippen molar-refractivity contribution in [3.63, 3.8) is 0 Å². The van der Waals surface area contributed by atoms with E-state index in [-0.39, 0.29) is 16.8 Å². The normalized spacial score (nSPS) is 14.1. The predicted octanol–water partition coefficient (Wildman–Crippen LogP) is 7.03. The number of carbonyl (C=O) groups excluding carboxylic acids is 1. The number of piperidine rings is 1. The summed E-state index contributed by atoms with van der Waals surface area (Å²) in [5.74, 6) is 0.589. The second-order valence-corrected chi connectivity index (χ2v) is 11.3. The molecule has 0 saturated carbocycles. The van der Waals surface area contributed by atoms with Crippen molar-refractivity contribution in [2.75, 3.05) is 35.7 Å². The first kappa shape index (κ1) is 27.0. The van der Waals surface area contributed by atoms with Crippen LogP contribution >= 0.6 is 50.5 Å². The standard InChI is InChI=1S/C26H24BrCl2N5O3S/c1-13-18(27)23(37-2)20(29)22(19(13)28)33-26(36)17-11-38-24-21(17)30-12-31-25(24)32-14-3-5-15(6-4-14)34-9-7-16(35)8-10-34/h3-6,11-12,16,35H,7-10H2,1-2H3,(H,33,36)(H,30,31,32). The van der Waals surface area contributed by atoms with Crippen LogP contribution in [-0.2, 0) is 0 Å². The number of aliphatic hydroxyl groups excluding tert-OH is 1. The number of hydrogen-bond donors (Lipinski definition) is 3. The summed E-state index contributed by atoms with van der Waals surface area (Å²) < 4.78 is 6.75. The summed E-state index contributed by atoms with van der Waals surface area (Å²) in [5.41, 5.74) is 3.83. The predicted molar refractivity (Wildman–Crippen MR) is 158 cm³/mol. The molecule has 5 rings (SSSR count). The molecule has 0 spiro atoms. The fourth-order valence-electron chi connectivity index (χ4n) is 4.35. The van der Waals surface area contributed by atoms with Crippen LogP contribution in [0.15, 0.2) is 40.4 Å². The number of aliphatic hydroxyl groups is 1. The average Bonchev–Trinajstić information content (AvgIpc) is 3.37. The molecule has 198 valence electrons. The van der Waals surface area contributed by atoms with E-state index in [0.29, 0.717) is 37.7 Å². The minimum atomic E-state index is -0.399. The lowest BCUT2D eigenvalue weighted by molar-refractivity contribution is 0.102. The molecule has 38 heavy (non-hydrogen) atoms. The highest BCUT2D eigenvalue weighted by molar-refractivity contribution is 9.10. The lowest BCUT2D eigenvalue weighted by Crippen LogP contribution is -2.35. The van der Waals surface area contributed by atoms with E-state index in [1.54, 1.807) is 12.3 Å². The zero-order chi connectivity index (χ0) is 27.0. The Morgan fingerprint density at radius 2 is 1.89 bits per heavy atom. The molecule has 1 saturated heterocycles. The van der Waals surface area contributed by atoms with Gasteiger partial charge in [-0.05, 0) is 65.5 Å². The Morgan fingerprint density at radius 1 is 1.18 bits per heavy atom. The Labute approximate surface area is 242 Å². The van der Waals surface area contributed by atoms with Gasteiger partial charge in [0, 0.05) is 29.8 Å². The van der Waals surface area contributed by atoms with Crippen LogP contribution in [0.25, 0.3) is 10.2 Å². The van der Waals surface area contributed by atoms with E-state index in [4.69, 9.17) is 27.9 Å². The highest BCUT2D eigenvalue weighted by Gasteiger charge is 2.24. The number of rotatable bonds is 6. The molecule has 8 nitrogen and oxygen atoms in total. The van der Waals surface area contributed by atoms with Gasteiger partial charge in [-0.25, -0.2) is 9.97 Å². The summed E-state index contributed by atoms with van der Waals surface area (Å²) in [5, 5.41) is 18.2. The maximum Gasteiger partial charge on any atom is 0.258 e. The van der Waals surface area contributed by atoms with Crippen molar-refractivity contribution in [2.45, 2.75) is 25.9 Å². The Balaban J connectivity index is 1.37. The lowest BCUT2D eigenvalue weighted by atomic mass is 10.1. The van der Waals surface area contributed by atoms with E-state index in [1.165, 1.54) is 24.8 Å². The van der Waals surface area contributed by atoms with Gasteiger partial charge >= 0.3 is 0 Å². The van der Waals surface area contributed by atoms with Gasteiger partial charge < -0.3 is 25.4 Å². The highest BCUT2D eigenvalue weighted by Crippen LogP contribution is 2.46. The number of ether oxygens (including phenoxy) is 1. The number of anilines is 4. The second kappa shape index (κ2) is 11.2. The van der Waals surface area contributed by atoms with Gasteiger partial charge in [-0.3, -0.25) is 4.79 Å². The lowest BCUT2D eigenvalue weighted by Gasteiger charge is -2.31. The molecule has 0 unspecified atom stereocenters. The third-order valence-electron chi connectivity index (χ3n) is 6.50. The fourth-order valence-corrected chi connectivity index (χ4v) is 6.68. The quantitative estimate of drug-likeness (QED) is 0.209. The number of nitrogens with one attached hydrogen (secondary N) is 2. The summed E-state index contributed by atoms with van der Waals surface area (Å²) >= 11 is 17.8. The van der Waals surface area contributed by atoms with Gasteiger partial charge in [0.25, 0.3) is 5.91 Å². The molecule has 3 N–H and O–H groups in total. The molecule has 1 aliphatic heterocycles. The van der Waals surface area contributed by atoms with Gasteiger partial charge in [0.2, 0.25) is 0 Å². The molecule has 0 aliphatic carbocycles. The van der Waals surface area contributed by atoms with E-state index in [0.717, 1.165) is 42.0 Å².